The van der Waals surface area contributed by atoms with Crippen molar-refractivity contribution in [3.05, 3.63) is 23.4 Å². The van der Waals surface area contributed by atoms with Crippen LogP contribution in [0.15, 0.2) is 12.1 Å². The maximum atomic E-state index is 12.5. The number of amides is 1. The Balaban J connectivity index is 1.31. The van der Waals surface area contributed by atoms with E-state index in [1.54, 1.807) is 4.90 Å². The molecule has 1 aliphatic carbocycles. The molecule has 1 aromatic rings. The number of aliphatic hydroxyl groups is 1. The Labute approximate surface area is 210 Å². The molecule has 11 nitrogen and oxygen atoms in total. The van der Waals surface area contributed by atoms with Crippen molar-refractivity contribution in [1.29, 1.82) is 0 Å². The van der Waals surface area contributed by atoms with Gasteiger partial charge in [0.25, 0.3) is 0 Å². The van der Waals surface area contributed by atoms with Crippen LogP contribution < -0.4 is 5.32 Å². The first kappa shape index (κ1) is 26.2. The standard InChI is InChI=1S/C25H36N4O7/c1-16(31)28-11-8-21(15-28)35-25(34)36-29(22(9-12-30)24(32)33)20-13-17(14-20)4-6-19-7-5-18-3-2-10-26-23(18)27-19/h5,7,17,20-22,30H,2-4,6,8-15H2,1H3,(H,26,27)(H,32,33)/t17?,20?,21?,22-/m0/s1. The van der Waals surface area contributed by atoms with Crippen LogP contribution in [0.4, 0.5) is 10.6 Å². The topological polar surface area (TPSA) is 142 Å². The van der Waals surface area contributed by atoms with Crippen LogP contribution in [-0.4, -0.2) is 87.6 Å². The van der Waals surface area contributed by atoms with Crippen molar-refractivity contribution in [3.8, 4) is 0 Å². The number of aliphatic hydroxyl groups excluding tert-OH is 1. The number of nitrogens with one attached hydrogen (secondary N) is 1. The van der Waals surface area contributed by atoms with E-state index in [1.165, 1.54) is 17.6 Å². The second-order valence-corrected chi connectivity index (χ2v) is 9.93. The summed E-state index contributed by atoms with van der Waals surface area (Å²) in [5.41, 5.74) is 2.28. The Morgan fingerprint density at radius 1 is 1.31 bits per heavy atom. The van der Waals surface area contributed by atoms with Crippen LogP contribution in [-0.2, 0) is 32.0 Å². The lowest BCUT2D eigenvalue weighted by Crippen LogP contribution is -2.53. The molecule has 2 atom stereocenters. The lowest BCUT2D eigenvalue weighted by molar-refractivity contribution is -0.215. The number of hydrogen-bond donors (Lipinski definition) is 3. The van der Waals surface area contributed by atoms with Gasteiger partial charge in [-0.2, -0.15) is 0 Å². The predicted octanol–water partition coefficient (Wildman–Crippen LogP) is 1.98. The summed E-state index contributed by atoms with van der Waals surface area (Å²) in [5, 5.41) is 23.6. The van der Waals surface area contributed by atoms with E-state index in [-0.39, 0.29) is 25.0 Å². The summed E-state index contributed by atoms with van der Waals surface area (Å²) < 4.78 is 5.36. The number of aryl methyl sites for hydroxylation is 2. The van der Waals surface area contributed by atoms with Gasteiger partial charge in [0, 0.05) is 44.8 Å². The number of aromatic nitrogens is 1. The zero-order valence-electron chi connectivity index (χ0n) is 20.7. The summed E-state index contributed by atoms with van der Waals surface area (Å²) in [6.45, 7) is 2.84. The number of hydroxylamine groups is 2. The Kier molecular flexibility index (Phi) is 8.63. The molecule has 3 heterocycles. The number of ether oxygens (including phenoxy) is 1. The molecule has 2 fully saturated rings. The molecule has 198 valence electrons. The second kappa shape index (κ2) is 11.9. The van der Waals surface area contributed by atoms with Crippen LogP contribution in [0.25, 0.3) is 0 Å². The maximum Gasteiger partial charge on any atom is 0.528 e. The summed E-state index contributed by atoms with van der Waals surface area (Å²) in [5.74, 6) is 0.0674. The SMILES string of the molecule is CC(=O)N1CCC(OC(=O)ON(C2CC(CCc3ccc4c(n3)NCCC4)C2)[C@@H](CCO)C(=O)O)C1. The number of hydrogen-bond acceptors (Lipinski definition) is 9. The van der Waals surface area contributed by atoms with Crippen LogP contribution in [0.3, 0.4) is 0 Å². The molecule has 36 heavy (non-hydrogen) atoms. The Morgan fingerprint density at radius 3 is 2.81 bits per heavy atom. The zero-order valence-corrected chi connectivity index (χ0v) is 20.7. The molecule has 3 N–H and O–H groups in total. The van der Waals surface area contributed by atoms with Gasteiger partial charge in [-0.25, -0.2) is 9.78 Å². The lowest BCUT2D eigenvalue weighted by atomic mass is 9.76. The Hall–Kier alpha value is -2.92. The predicted molar refractivity (Wildman–Crippen MR) is 129 cm³/mol. The number of anilines is 1. The number of carbonyl (C=O) groups excluding carboxylic acids is 2. The van der Waals surface area contributed by atoms with Gasteiger partial charge in [-0.3, -0.25) is 9.59 Å². The number of carboxylic acid groups (broad SMARTS) is 1. The summed E-state index contributed by atoms with van der Waals surface area (Å²) in [4.78, 5) is 47.7. The van der Waals surface area contributed by atoms with Crippen LogP contribution in [0.1, 0.15) is 56.7 Å². The first-order valence-corrected chi connectivity index (χ1v) is 12.8. The molecular weight excluding hydrogens is 468 g/mol. The normalized spacial score (nSPS) is 23.9. The van der Waals surface area contributed by atoms with Crippen LogP contribution in [0.2, 0.25) is 0 Å². The van der Waals surface area contributed by atoms with E-state index in [0.717, 1.165) is 43.7 Å². The average Bonchev–Trinajstić information content (AvgIpc) is 3.29. The van der Waals surface area contributed by atoms with Crippen LogP contribution >= 0.6 is 0 Å². The van der Waals surface area contributed by atoms with E-state index in [0.29, 0.717) is 38.3 Å². The van der Waals surface area contributed by atoms with E-state index in [4.69, 9.17) is 14.6 Å². The molecule has 1 aromatic heterocycles. The Morgan fingerprint density at radius 2 is 2.11 bits per heavy atom. The number of rotatable bonds is 10. The van der Waals surface area contributed by atoms with Gasteiger partial charge in [0.15, 0.2) is 0 Å². The molecule has 0 spiro atoms. The van der Waals surface area contributed by atoms with Gasteiger partial charge in [-0.05, 0) is 62.5 Å². The minimum atomic E-state index is -1.17. The molecule has 0 bridgehead atoms. The van der Waals surface area contributed by atoms with E-state index in [1.807, 2.05) is 0 Å². The highest BCUT2D eigenvalue weighted by Crippen LogP contribution is 2.37. The number of pyridine rings is 1. The van der Waals surface area contributed by atoms with Crippen molar-refractivity contribution in [1.82, 2.24) is 14.9 Å². The summed E-state index contributed by atoms with van der Waals surface area (Å²) in [6.07, 6.45) is 4.20. The third-order valence-corrected chi connectivity index (χ3v) is 7.36. The summed E-state index contributed by atoms with van der Waals surface area (Å²) >= 11 is 0. The minimum Gasteiger partial charge on any atom is -0.480 e. The molecule has 1 amide bonds. The lowest BCUT2D eigenvalue weighted by Gasteiger charge is -2.43. The number of carboxylic acids is 1. The highest BCUT2D eigenvalue weighted by molar-refractivity contribution is 5.74. The van der Waals surface area contributed by atoms with Crippen LogP contribution in [0.5, 0.6) is 0 Å². The third-order valence-electron chi connectivity index (χ3n) is 7.36. The fourth-order valence-electron chi connectivity index (χ4n) is 5.23. The first-order chi connectivity index (χ1) is 17.3. The fourth-order valence-corrected chi connectivity index (χ4v) is 5.23. The van der Waals surface area contributed by atoms with Crippen molar-refractivity contribution < 1.29 is 34.2 Å². The largest absolute Gasteiger partial charge is 0.528 e. The number of fused-ring (bicyclic) bond motifs is 1. The minimum absolute atomic E-state index is 0.0721. The molecule has 4 rings (SSSR count). The van der Waals surface area contributed by atoms with Crippen LogP contribution in [0, 0.1) is 5.92 Å². The van der Waals surface area contributed by atoms with Crippen molar-refractivity contribution in [2.45, 2.75) is 76.5 Å². The first-order valence-electron chi connectivity index (χ1n) is 12.8. The molecule has 1 unspecified atom stereocenters. The van der Waals surface area contributed by atoms with Crippen molar-refractivity contribution in [2.24, 2.45) is 5.92 Å². The number of nitrogens with zero attached hydrogens (tertiary/aromatic N) is 3. The summed E-state index contributed by atoms with van der Waals surface area (Å²) in [6, 6.07) is 2.77. The number of likely N-dealkylation sites (tertiary alicyclic amines) is 1. The van der Waals surface area contributed by atoms with Gasteiger partial charge >= 0.3 is 12.1 Å². The molecule has 0 aromatic carbocycles. The van der Waals surface area contributed by atoms with E-state index < -0.39 is 24.3 Å². The molecule has 11 heteroatoms. The van der Waals surface area contributed by atoms with Gasteiger partial charge in [-0.1, -0.05) is 6.07 Å². The van der Waals surface area contributed by atoms with Gasteiger partial charge in [0.1, 0.15) is 18.0 Å². The second-order valence-electron chi connectivity index (χ2n) is 9.93. The van der Waals surface area contributed by atoms with Gasteiger partial charge < -0.3 is 30.0 Å². The number of carbonyl (C=O) groups is 3. The Bertz CT molecular complexity index is 952. The quantitative estimate of drug-likeness (QED) is 0.320. The van der Waals surface area contributed by atoms with E-state index in [2.05, 4.69) is 17.4 Å². The van der Waals surface area contributed by atoms with E-state index >= 15 is 0 Å². The van der Waals surface area contributed by atoms with Gasteiger partial charge in [0.2, 0.25) is 5.91 Å². The van der Waals surface area contributed by atoms with Gasteiger partial charge in [-0.15, -0.1) is 5.06 Å². The molecular formula is C25H36N4O7. The monoisotopic (exact) mass is 504 g/mol. The average molecular weight is 505 g/mol. The molecule has 1 saturated heterocycles. The smallest absolute Gasteiger partial charge is 0.480 e. The third kappa shape index (κ3) is 6.44. The highest BCUT2D eigenvalue weighted by atomic mass is 16.8. The summed E-state index contributed by atoms with van der Waals surface area (Å²) in [7, 11) is 0. The van der Waals surface area contributed by atoms with E-state index in [9.17, 15) is 24.6 Å². The van der Waals surface area contributed by atoms with Crippen molar-refractivity contribution in [3.63, 3.8) is 0 Å². The van der Waals surface area contributed by atoms with Crippen molar-refractivity contribution in [2.75, 3.05) is 31.6 Å². The van der Waals surface area contributed by atoms with Crippen molar-refractivity contribution >= 4 is 23.8 Å². The fraction of sp³-hybridized carbons (Fsp3) is 0.680. The zero-order chi connectivity index (χ0) is 25.7. The highest BCUT2D eigenvalue weighted by Gasteiger charge is 2.42. The number of aliphatic carboxylic acids is 1. The maximum absolute atomic E-state index is 12.5. The molecule has 1 saturated carbocycles. The van der Waals surface area contributed by atoms with Gasteiger partial charge in [0.05, 0.1) is 6.54 Å². The molecule has 2 aliphatic heterocycles. The molecule has 3 aliphatic rings. The molecule has 0 radical (unpaired) electrons.